The molecule has 1 aliphatic rings. The lowest BCUT2D eigenvalue weighted by Gasteiger charge is -2.22. The van der Waals surface area contributed by atoms with Crippen molar-refractivity contribution in [1.82, 2.24) is 0 Å². The zero-order valence-electron chi connectivity index (χ0n) is 17.9. The molecule has 2 aromatic rings. The topological polar surface area (TPSA) is 86.8 Å². The molecule has 0 atom stereocenters. The SMILES string of the molecule is Cc1cc(NC(=O)CCCN(c2ccc(F)c(F)c2)S(C)(=O)=O)ccc1N1CCCC1=O. The van der Waals surface area contributed by atoms with Gasteiger partial charge < -0.3 is 10.2 Å². The summed E-state index contributed by atoms with van der Waals surface area (Å²) in [5.41, 5.74) is 2.25. The molecule has 10 heteroatoms. The van der Waals surface area contributed by atoms with Crippen LogP contribution in [0.5, 0.6) is 0 Å². The Morgan fingerprint density at radius 3 is 2.50 bits per heavy atom. The molecular weight excluding hydrogens is 440 g/mol. The van der Waals surface area contributed by atoms with Gasteiger partial charge in [-0.25, -0.2) is 17.2 Å². The van der Waals surface area contributed by atoms with E-state index in [0.717, 1.165) is 40.4 Å². The van der Waals surface area contributed by atoms with Gasteiger partial charge in [0.2, 0.25) is 21.8 Å². The van der Waals surface area contributed by atoms with Gasteiger partial charge in [-0.1, -0.05) is 0 Å². The highest BCUT2D eigenvalue weighted by atomic mass is 32.2. The lowest BCUT2D eigenvalue weighted by atomic mass is 10.1. The lowest BCUT2D eigenvalue weighted by Crippen LogP contribution is -2.31. The van der Waals surface area contributed by atoms with Crippen molar-refractivity contribution in [3.63, 3.8) is 0 Å². The third kappa shape index (κ3) is 5.61. The van der Waals surface area contributed by atoms with Gasteiger partial charge in [-0.3, -0.25) is 13.9 Å². The van der Waals surface area contributed by atoms with E-state index < -0.39 is 21.7 Å². The van der Waals surface area contributed by atoms with E-state index in [1.807, 2.05) is 6.92 Å². The minimum atomic E-state index is -3.75. The van der Waals surface area contributed by atoms with Crippen LogP contribution in [-0.2, 0) is 19.6 Å². The van der Waals surface area contributed by atoms with E-state index in [4.69, 9.17) is 0 Å². The molecular formula is C22H25F2N3O4S. The largest absolute Gasteiger partial charge is 0.326 e. The average Bonchev–Trinajstić information content (AvgIpc) is 3.12. The molecule has 1 aliphatic heterocycles. The molecule has 2 aromatic carbocycles. The molecule has 0 bridgehead atoms. The first-order valence-corrected chi connectivity index (χ1v) is 12.0. The van der Waals surface area contributed by atoms with Crippen molar-refractivity contribution in [2.45, 2.75) is 32.6 Å². The summed E-state index contributed by atoms with van der Waals surface area (Å²) < 4.78 is 51.8. The number of carbonyl (C=O) groups is 2. The van der Waals surface area contributed by atoms with E-state index in [1.54, 1.807) is 23.1 Å². The van der Waals surface area contributed by atoms with E-state index in [2.05, 4.69) is 5.32 Å². The number of nitrogens with one attached hydrogen (secondary N) is 1. The van der Waals surface area contributed by atoms with E-state index in [0.29, 0.717) is 18.7 Å². The highest BCUT2D eigenvalue weighted by Gasteiger charge is 2.23. The number of sulfonamides is 1. The van der Waals surface area contributed by atoms with Crippen molar-refractivity contribution >= 4 is 38.9 Å². The second kappa shape index (κ2) is 9.64. The minimum absolute atomic E-state index is 0.00511. The molecule has 0 saturated carbocycles. The van der Waals surface area contributed by atoms with Crippen LogP contribution >= 0.6 is 0 Å². The van der Waals surface area contributed by atoms with Gasteiger partial charge in [0.25, 0.3) is 0 Å². The molecule has 1 N–H and O–H groups in total. The molecule has 3 rings (SSSR count). The summed E-state index contributed by atoms with van der Waals surface area (Å²) >= 11 is 0. The predicted octanol–water partition coefficient (Wildman–Crippen LogP) is 3.58. The Hall–Kier alpha value is -3.01. The quantitative estimate of drug-likeness (QED) is 0.646. The summed E-state index contributed by atoms with van der Waals surface area (Å²) in [6.07, 6.45) is 2.53. The van der Waals surface area contributed by atoms with Crippen LogP contribution in [0, 0.1) is 18.6 Å². The summed E-state index contributed by atoms with van der Waals surface area (Å²) in [7, 11) is -3.75. The third-order valence-electron chi connectivity index (χ3n) is 5.20. The minimum Gasteiger partial charge on any atom is -0.326 e. The molecule has 172 valence electrons. The van der Waals surface area contributed by atoms with Crippen molar-refractivity contribution in [3.8, 4) is 0 Å². The molecule has 0 aromatic heterocycles. The zero-order chi connectivity index (χ0) is 23.5. The van der Waals surface area contributed by atoms with E-state index in [-0.39, 0.29) is 36.9 Å². The number of nitrogens with zero attached hydrogens (tertiary/aromatic N) is 2. The highest BCUT2D eigenvalue weighted by molar-refractivity contribution is 7.92. The maximum atomic E-state index is 13.5. The molecule has 0 spiro atoms. The van der Waals surface area contributed by atoms with Crippen LogP contribution in [0.15, 0.2) is 36.4 Å². The number of hydrogen-bond donors (Lipinski definition) is 1. The number of carbonyl (C=O) groups excluding carboxylic acids is 2. The fourth-order valence-electron chi connectivity index (χ4n) is 3.67. The predicted molar refractivity (Wildman–Crippen MR) is 119 cm³/mol. The van der Waals surface area contributed by atoms with Crippen molar-refractivity contribution in [2.24, 2.45) is 0 Å². The molecule has 32 heavy (non-hydrogen) atoms. The van der Waals surface area contributed by atoms with Crippen LogP contribution < -0.4 is 14.5 Å². The average molecular weight is 466 g/mol. The third-order valence-corrected chi connectivity index (χ3v) is 6.40. The van der Waals surface area contributed by atoms with E-state index >= 15 is 0 Å². The van der Waals surface area contributed by atoms with Gasteiger partial charge in [0.05, 0.1) is 11.9 Å². The Balaban J connectivity index is 1.59. The summed E-state index contributed by atoms with van der Waals surface area (Å²) in [4.78, 5) is 26.0. The van der Waals surface area contributed by atoms with Gasteiger partial charge in [0.1, 0.15) is 0 Å². The summed E-state index contributed by atoms with van der Waals surface area (Å²) in [5.74, 6) is -2.45. The maximum absolute atomic E-state index is 13.5. The fraction of sp³-hybridized carbons (Fsp3) is 0.364. The van der Waals surface area contributed by atoms with Gasteiger partial charge in [0.15, 0.2) is 11.6 Å². The van der Waals surface area contributed by atoms with Crippen LogP contribution in [0.4, 0.5) is 25.8 Å². The standard InChI is InChI=1S/C22H25F2N3O4S/c1-15-13-16(7-10-20(15)26-11-4-6-22(26)29)25-21(28)5-3-12-27(32(2,30)31)17-8-9-18(23)19(24)14-17/h7-10,13-14H,3-6,11-12H2,1-2H3,(H,25,28). The highest BCUT2D eigenvalue weighted by Crippen LogP contribution is 2.27. The lowest BCUT2D eigenvalue weighted by molar-refractivity contribution is -0.117. The van der Waals surface area contributed by atoms with Crippen LogP contribution in [-0.4, -0.2) is 39.6 Å². The summed E-state index contributed by atoms with van der Waals surface area (Å²) in [6, 6.07) is 8.14. The van der Waals surface area contributed by atoms with Gasteiger partial charge >= 0.3 is 0 Å². The Kier molecular flexibility index (Phi) is 7.12. The van der Waals surface area contributed by atoms with Crippen LogP contribution in [0.3, 0.4) is 0 Å². The molecule has 0 radical (unpaired) electrons. The molecule has 0 aliphatic carbocycles. The smallest absolute Gasteiger partial charge is 0.232 e. The first kappa shape index (κ1) is 23.6. The normalized spacial score (nSPS) is 14.0. The Labute approximate surface area is 186 Å². The van der Waals surface area contributed by atoms with E-state index in [9.17, 15) is 26.8 Å². The monoisotopic (exact) mass is 465 g/mol. The van der Waals surface area contributed by atoms with Gasteiger partial charge in [-0.05, 0) is 55.7 Å². The molecule has 1 saturated heterocycles. The Bertz CT molecular complexity index is 1140. The van der Waals surface area contributed by atoms with Gasteiger partial charge in [0, 0.05) is 43.4 Å². The zero-order valence-corrected chi connectivity index (χ0v) is 18.7. The molecule has 1 fully saturated rings. The van der Waals surface area contributed by atoms with Crippen LogP contribution in [0.2, 0.25) is 0 Å². The second-order valence-corrected chi connectivity index (χ2v) is 9.64. The van der Waals surface area contributed by atoms with Crippen molar-refractivity contribution in [3.05, 3.63) is 53.6 Å². The number of halogens is 2. The second-order valence-electron chi connectivity index (χ2n) is 7.74. The first-order chi connectivity index (χ1) is 15.1. The molecule has 1 heterocycles. The number of benzene rings is 2. The molecule has 7 nitrogen and oxygen atoms in total. The number of rotatable bonds is 8. The summed E-state index contributed by atoms with van der Waals surface area (Å²) in [6.45, 7) is 2.48. The number of amides is 2. The number of anilines is 3. The van der Waals surface area contributed by atoms with E-state index in [1.165, 1.54) is 6.07 Å². The molecule has 2 amide bonds. The van der Waals surface area contributed by atoms with Gasteiger partial charge in [-0.15, -0.1) is 0 Å². The Morgan fingerprint density at radius 2 is 1.91 bits per heavy atom. The van der Waals surface area contributed by atoms with Crippen molar-refractivity contribution in [2.75, 3.05) is 33.9 Å². The summed E-state index contributed by atoms with van der Waals surface area (Å²) in [5, 5.41) is 2.76. The van der Waals surface area contributed by atoms with Crippen molar-refractivity contribution < 1.29 is 26.8 Å². The first-order valence-electron chi connectivity index (χ1n) is 10.2. The van der Waals surface area contributed by atoms with Crippen LogP contribution in [0.1, 0.15) is 31.2 Å². The van der Waals surface area contributed by atoms with Gasteiger partial charge in [-0.2, -0.15) is 0 Å². The molecule has 0 unspecified atom stereocenters. The Morgan fingerprint density at radius 1 is 1.16 bits per heavy atom. The van der Waals surface area contributed by atoms with Crippen molar-refractivity contribution in [1.29, 1.82) is 0 Å². The maximum Gasteiger partial charge on any atom is 0.232 e. The van der Waals surface area contributed by atoms with Crippen LogP contribution in [0.25, 0.3) is 0 Å². The number of hydrogen-bond acceptors (Lipinski definition) is 4. The number of aryl methyl sites for hydroxylation is 1. The fourth-order valence-corrected chi connectivity index (χ4v) is 4.63.